The van der Waals surface area contributed by atoms with Gasteiger partial charge in [-0.2, -0.15) is 0 Å². The minimum atomic E-state index is 0. The van der Waals surface area contributed by atoms with Gasteiger partial charge < -0.3 is 10.1 Å². The molecule has 1 aromatic rings. The zero-order chi connectivity index (χ0) is 10.8. The van der Waals surface area contributed by atoms with E-state index >= 15 is 0 Å². The molecule has 2 aliphatic heterocycles. The van der Waals surface area contributed by atoms with Crippen molar-refractivity contribution >= 4 is 12.4 Å². The lowest BCUT2D eigenvalue weighted by Gasteiger charge is -2.26. The number of ether oxygens (including phenoxy) is 1. The molecule has 0 saturated carbocycles. The van der Waals surface area contributed by atoms with Crippen molar-refractivity contribution in [1.82, 2.24) is 15.3 Å². The van der Waals surface area contributed by atoms with E-state index in [9.17, 15) is 0 Å². The van der Waals surface area contributed by atoms with E-state index < -0.39 is 0 Å². The number of aromatic nitrogens is 2. The molecule has 3 heterocycles. The summed E-state index contributed by atoms with van der Waals surface area (Å²) >= 11 is 0. The summed E-state index contributed by atoms with van der Waals surface area (Å²) in [5, 5.41) is 3.36. The van der Waals surface area contributed by atoms with Crippen LogP contribution >= 0.6 is 12.4 Å². The van der Waals surface area contributed by atoms with Crippen molar-refractivity contribution < 1.29 is 4.74 Å². The van der Waals surface area contributed by atoms with Crippen molar-refractivity contribution in [3.05, 3.63) is 23.3 Å². The van der Waals surface area contributed by atoms with Crippen LogP contribution in [0.15, 0.2) is 6.33 Å². The van der Waals surface area contributed by atoms with Gasteiger partial charge in [-0.15, -0.1) is 12.4 Å². The first kappa shape index (κ1) is 12.7. The first-order chi connectivity index (χ1) is 7.95. The number of halogens is 1. The highest BCUT2D eigenvalue weighted by Gasteiger charge is 2.23. The highest BCUT2D eigenvalue weighted by molar-refractivity contribution is 5.85. The first-order valence-corrected chi connectivity index (χ1v) is 6.06. The average Bonchev–Trinajstić information content (AvgIpc) is 2.39. The Morgan fingerprint density at radius 1 is 1.24 bits per heavy atom. The van der Waals surface area contributed by atoms with Crippen molar-refractivity contribution in [3.8, 4) is 0 Å². The Kier molecular flexibility index (Phi) is 4.31. The maximum absolute atomic E-state index is 5.41. The summed E-state index contributed by atoms with van der Waals surface area (Å²) in [6, 6.07) is 0. The highest BCUT2D eigenvalue weighted by atomic mass is 35.5. The van der Waals surface area contributed by atoms with Gasteiger partial charge in [-0.1, -0.05) is 0 Å². The average molecular weight is 256 g/mol. The molecule has 0 aromatic carbocycles. The van der Waals surface area contributed by atoms with Crippen LogP contribution in [0.4, 0.5) is 0 Å². The fraction of sp³-hybridized carbons (Fsp3) is 0.667. The van der Waals surface area contributed by atoms with Crippen LogP contribution in [-0.2, 0) is 17.7 Å². The van der Waals surface area contributed by atoms with Gasteiger partial charge in [0.05, 0.1) is 11.4 Å². The van der Waals surface area contributed by atoms with Crippen LogP contribution in [0.2, 0.25) is 0 Å². The molecular weight excluding hydrogens is 238 g/mol. The Labute approximate surface area is 108 Å². The summed E-state index contributed by atoms with van der Waals surface area (Å²) in [4.78, 5) is 8.89. The van der Waals surface area contributed by atoms with Gasteiger partial charge in [0.2, 0.25) is 0 Å². The lowest BCUT2D eigenvalue weighted by atomic mass is 9.90. The Morgan fingerprint density at radius 2 is 2.06 bits per heavy atom. The summed E-state index contributed by atoms with van der Waals surface area (Å²) in [5.74, 6) is 0.587. The predicted octanol–water partition coefficient (Wildman–Crippen LogP) is 1.44. The second-order valence-corrected chi connectivity index (χ2v) is 4.50. The third-order valence-electron chi connectivity index (χ3n) is 3.52. The number of fused-ring (bicyclic) bond motifs is 1. The van der Waals surface area contributed by atoms with E-state index in [2.05, 4.69) is 15.3 Å². The summed E-state index contributed by atoms with van der Waals surface area (Å²) in [6.45, 7) is 3.70. The third kappa shape index (κ3) is 2.59. The van der Waals surface area contributed by atoms with E-state index in [0.717, 1.165) is 45.6 Å². The number of nitrogens with one attached hydrogen (secondary N) is 1. The van der Waals surface area contributed by atoms with Crippen LogP contribution in [0, 0.1) is 0 Å². The van der Waals surface area contributed by atoms with Crippen LogP contribution in [-0.4, -0.2) is 29.7 Å². The molecule has 1 aromatic heterocycles. The van der Waals surface area contributed by atoms with E-state index in [4.69, 9.17) is 4.74 Å². The zero-order valence-corrected chi connectivity index (χ0v) is 10.6. The SMILES string of the molecule is Cl.c1nc2c(c(C3CCOCC3)n1)CCNC2. The van der Waals surface area contributed by atoms with Crippen molar-refractivity contribution in [2.24, 2.45) is 0 Å². The van der Waals surface area contributed by atoms with Crippen LogP contribution < -0.4 is 5.32 Å². The van der Waals surface area contributed by atoms with Crippen LogP contribution in [0.25, 0.3) is 0 Å². The monoisotopic (exact) mass is 255 g/mol. The van der Waals surface area contributed by atoms with Crippen molar-refractivity contribution in [3.63, 3.8) is 0 Å². The quantitative estimate of drug-likeness (QED) is 0.825. The van der Waals surface area contributed by atoms with Crippen LogP contribution in [0.1, 0.15) is 35.7 Å². The smallest absolute Gasteiger partial charge is 0.116 e. The van der Waals surface area contributed by atoms with Gasteiger partial charge in [0.15, 0.2) is 0 Å². The van der Waals surface area contributed by atoms with Gasteiger partial charge >= 0.3 is 0 Å². The fourth-order valence-electron chi connectivity index (χ4n) is 2.63. The summed E-state index contributed by atoms with van der Waals surface area (Å²) in [6.07, 6.45) is 5.01. The molecule has 5 heteroatoms. The molecule has 4 nitrogen and oxygen atoms in total. The Balaban J connectivity index is 0.00000108. The molecule has 3 rings (SSSR count). The van der Waals surface area contributed by atoms with Gasteiger partial charge in [-0.3, -0.25) is 0 Å². The predicted molar refractivity (Wildman–Crippen MR) is 67.5 cm³/mol. The van der Waals surface area contributed by atoms with E-state index in [1.807, 2.05) is 0 Å². The molecule has 1 N–H and O–H groups in total. The van der Waals surface area contributed by atoms with Crippen LogP contribution in [0.3, 0.4) is 0 Å². The maximum atomic E-state index is 5.41. The van der Waals surface area contributed by atoms with Crippen molar-refractivity contribution in [2.45, 2.75) is 31.7 Å². The Hall–Kier alpha value is -0.710. The molecule has 0 radical (unpaired) electrons. The summed E-state index contributed by atoms with van der Waals surface area (Å²) in [5.41, 5.74) is 3.88. The van der Waals surface area contributed by atoms with Gasteiger partial charge in [-0.25, -0.2) is 9.97 Å². The van der Waals surface area contributed by atoms with Crippen molar-refractivity contribution in [1.29, 1.82) is 0 Å². The number of nitrogens with zero attached hydrogens (tertiary/aromatic N) is 2. The van der Waals surface area contributed by atoms with Gasteiger partial charge in [0, 0.05) is 25.7 Å². The molecule has 0 spiro atoms. The molecule has 0 bridgehead atoms. The second-order valence-electron chi connectivity index (χ2n) is 4.50. The normalized spacial score (nSPS) is 20.5. The molecule has 94 valence electrons. The molecular formula is C12H18ClN3O. The highest BCUT2D eigenvalue weighted by Crippen LogP contribution is 2.29. The minimum Gasteiger partial charge on any atom is -0.381 e. The Morgan fingerprint density at radius 3 is 2.88 bits per heavy atom. The minimum absolute atomic E-state index is 0. The van der Waals surface area contributed by atoms with Gasteiger partial charge in [0.25, 0.3) is 0 Å². The fourth-order valence-corrected chi connectivity index (χ4v) is 2.63. The zero-order valence-electron chi connectivity index (χ0n) is 9.82. The molecule has 0 unspecified atom stereocenters. The summed E-state index contributed by atoms with van der Waals surface area (Å²) in [7, 11) is 0. The van der Waals surface area contributed by atoms with E-state index in [0.29, 0.717) is 5.92 Å². The van der Waals surface area contributed by atoms with E-state index in [1.54, 1.807) is 6.33 Å². The number of hydrogen-bond acceptors (Lipinski definition) is 4. The maximum Gasteiger partial charge on any atom is 0.116 e. The summed E-state index contributed by atoms with van der Waals surface area (Å²) < 4.78 is 5.41. The number of hydrogen-bond donors (Lipinski definition) is 1. The van der Waals surface area contributed by atoms with E-state index in [-0.39, 0.29) is 12.4 Å². The van der Waals surface area contributed by atoms with Crippen molar-refractivity contribution in [2.75, 3.05) is 19.8 Å². The molecule has 2 aliphatic rings. The molecule has 17 heavy (non-hydrogen) atoms. The van der Waals surface area contributed by atoms with Crippen LogP contribution in [0.5, 0.6) is 0 Å². The largest absolute Gasteiger partial charge is 0.381 e. The molecule has 0 amide bonds. The molecule has 1 fully saturated rings. The lowest BCUT2D eigenvalue weighted by molar-refractivity contribution is 0.0842. The lowest BCUT2D eigenvalue weighted by Crippen LogP contribution is -2.27. The van der Waals surface area contributed by atoms with E-state index in [1.165, 1.54) is 17.0 Å². The molecule has 0 atom stereocenters. The van der Waals surface area contributed by atoms with Gasteiger partial charge in [0.1, 0.15) is 6.33 Å². The standard InChI is InChI=1S/C12H17N3O.ClH/c1-4-13-7-11-10(1)12(15-8-14-11)9-2-5-16-6-3-9;/h8-9,13H,1-7H2;1H. The molecule has 1 saturated heterocycles. The third-order valence-corrected chi connectivity index (χ3v) is 3.52. The number of rotatable bonds is 1. The first-order valence-electron chi connectivity index (χ1n) is 6.06. The van der Waals surface area contributed by atoms with Gasteiger partial charge in [-0.05, 0) is 31.4 Å². The Bertz CT molecular complexity index is 380. The topological polar surface area (TPSA) is 47.0 Å². The second kappa shape index (κ2) is 5.76. The molecule has 0 aliphatic carbocycles.